The van der Waals surface area contributed by atoms with Crippen molar-refractivity contribution in [2.45, 2.75) is 20.0 Å². The van der Waals surface area contributed by atoms with Gasteiger partial charge in [-0.05, 0) is 53.4 Å². The Bertz CT molecular complexity index is 944. The molecular weight excluding hydrogens is 329 g/mol. The molecule has 2 amide bonds. The second kappa shape index (κ2) is 6.59. The number of benzene rings is 2. The molecule has 130 valence electrons. The molecule has 26 heavy (non-hydrogen) atoms. The minimum absolute atomic E-state index is 0.151. The molecule has 1 N–H and O–H groups in total. The van der Waals surface area contributed by atoms with E-state index < -0.39 is 0 Å². The van der Waals surface area contributed by atoms with Crippen LogP contribution in [0.4, 0.5) is 14.9 Å². The van der Waals surface area contributed by atoms with Gasteiger partial charge in [0.25, 0.3) is 0 Å². The first-order valence-electron chi connectivity index (χ1n) is 8.45. The number of rotatable bonds is 2. The molecule has 5 heteroatoms. The minimum Gasteiger partial charge on any atom is -0.314 e. The maximum absolute atomic E-state index is 13.1. The average Bonchev–Trinajstić information content (AvgIpc) is 3.09. The van der Waals surface area contributed by atoms with Crippen molar-refractivity contribution < 1.29 is 9.18 Å². The summed E-state index contributed by atoms with van der Waals surface area (Å²) in [6, 6.07) is 15.9. The fraction of sp³-hybridized carbons (Fsp3) is 0.143. The lowest BCUT2D eigenvalue weighted by Gasteiger charge is -2.18. The SMILES string of the molecule is Cc1ccc(-c2ccc(F)cc2)cc1NC(=O)N1Cc2cccnc2C1. The van der Waals surface area contributed by atoms with Crippen LogP contribution in [0.15, 0.2) is 60.8 Å². The van der Waals surface area contributed by atoms with Crippen molar-refractivity contribution in [2.75, 3.05) is 5.32 Å². The molecule has 2 heterocycles. The predicted octanol–water partition coefficient (Wildman–Crippen LogP) is 4.74. The van der Waals surface area contributed by atoms with Crippen LogP contribution in [0.3, 0.4) is 0 Å². The molecule has 0 radical (unpaired) electrons. The maximum atomic E-state index is 13.1. The number of anilines is 1. The Hall–Kier alpha value is -3.21. The lowest BCUT2D eigenvalue weighted by molar-refractivity contribution is 0.212. The van der Waals surface area contributed by atoms with Gasteiger partial charge < -0.3 is 10.2 Å². The topological polar surface area (TPSA) is 45.2 Å². The molecule has 0 aliphatic carbocycles. The van der Waals surface area contributed by atoms with Crippen molar-refractivity contribution in [1.29, 1.82) is 0 Å². The number of hydrogen-bond acceptors (Lipinski definition) is 2. The molecule has 0 saturated carbocycles. The zero-order valence-corrected chi connectivity index (χ0v) is 14.4. The van der Waals surface area contributed by atoms with Crippen molar-refractivity contribution in [3.63, 3.8) is 0 Å². The summed E-state index contributed by atoms with van der Waals surface area (Å²) in [7, 11) is 0. The quantitative estimate of drug-likeness (QED) is 0.727. The van der Waals surface area contributed by atoms with Crippen LogP contribution in [0.5, 0.6) is 0 Å². The molecular formula is C21H18FN3O. The fourth-order valence-corrected chi connectivity index (χ4v) is 3.12. The number of urea groups is 1. The summed E-state index contributed by atoms with van der Waals surface area (Å²) in [5.41, 5.74) is 5.58. The van der Waals surface area contributed by atoms with E-state index in [0.29, 0.717) is 13.1 Å². The van der Waals surface area contributed by atoms with Crippen molar-refractivity contribution in [3.8, 4) is 11.1 Å². The normalized spacial score (nSPS) is 12.8. The summed E-state index contributed by atoms with van der Waals surface area (Å²) in [5.74, 6) is -0.267. The number of fused-ring (bicyclic) bond motifs is 1. The highest BCUT2D eigenvalue weighted by molar-refractivity contribution is 5.91. The summed E-state index contributed by atoms with van der Waals surface area (Å²) in [6.45, 7) is 3.02. The molecule has 0 atom stereocenters. The highest BCUT2D eigenvalue weighted by Crippen LogP contribution is 2.27. The average molecular weight is 347 g/mol. The van der Waals surface area contributed by atoms with Crippen LogP contribution >= 0.6 is 0 Å². The Labute approximate surface area is 151 Å². The Balaban J connectivity index is 1.54. The Morgan fingerprint density at radius 3 is 2.62 bits per heavy atom. The zero-order chi connectivity index (χ0) is 18.1. The summed E-state index contributed by atoms with van der Waals surface area (Å²) in [6.07, 6.45) is 1.75. The second-order valence-electron chi connectivity index (χ2n) is 6.43. The van der Waals surface area contributed by atoms with Crippen LogP contribution in [0.2, 0.25) is 0 Å². The fourth-order valence-electron chi connectivity index (χ4n) is 3.12. The highest BCUT2D eigenvalue weighted by Gasteiger charge is 2.24. The Morgan fingerprint density at radius 1 is 1.08 bits per heavy atom. The van der Waals surface area contributed by atoms with E-state index in [1.165, 1.54) is 12.1 Å². The lowest BCUT2D eigenvalue weighted by Crippen LogP contribution is -2.30. The molecule has 1 aromatic heterocycles. The third kappa shape index (κ3) is 3.16. The number of aromatic nitrogens is 1. The van der Waals surface area contributed by atoms with Crippen LogP contribution in [0.1, 0.15) is 16.8 Å². The maximum Gasteiger partial charge on any atom is 0.322 e. The Kier molecular flexibility index (Phi) is 4.13. The van der Waals surface area contributed by atoms with E-state index in [4.69, 9.17) is 0 Å². The summed E-state index contributed by atoms with van der Waals surface area (Å²) in [5, 5.41) is 2.99. The van der Waals surface area contributed by atoms with Gasteiger partial charge in [-0.25, -0.2) is 9.18 Å². The van der Waals surface area contributed by atoms with Crippen LogP contribution in [-0.4, -0.2) is 15.9 Å². The molecule has 4 nitrogen and oxygen atoms in total. The minimum atomic E-state index is -0.267. The van der Waals surface area contributed by atoms with Crippen molar-refractivity contribution >= 4 is 11.7 Å². The number of halogens is 1. The van der Waals surface area contributed by atoms with E-state index in [2.05, 4.69) is 10.3 Å². The van der Waals surface area contributed by atoms with Crippen molar-refractivity contribution in [2.24, 2.45) is 0 Å². The van der Waals surface area contributed by atoms with Gasteiger partial charge in [-0.2, -0.15) is 0 Å². The number of hydrogen-bond donors (Lipinski definition) is 1. The van der Waals surface area contributed by atoms with Gasteiger partial charge in [-0.15, -0.1) is 0 Å². The monoisotopic (exact) mass is 347 g/mol. The molecule has 1 aliphatic rings. The molecule has 1 aliphatic heterocycles. The summed E-state index contributed by atoms with van der Waals surface area (Å²) < 4.78 is 13.1. The van der Waals surface area contributed by atoms with Gasteiger partial charge >= 0.3 is 6.03 Å². The molecule has 0 spiro atoms. The highest BCUT2D eigenvalue weighted by atomic mass is 19.1. The van der Waals surface area contributed by atoms with Gasteiger partial charge in [0.2, 0.25) is 0 Å². The number of nitrogens with one attached hydrogen (secondary N) is 1. The van der Waals surface area contributed by atoms with Crippen LogP contribution in [0.25, 0.3) is 11.1 Å². The van der Waals surface area contributed by atoms with Crippen molar-refractivity contribution in [1.82, 2.24) is 9.88 Å². The van der Waals surface area contributed by atoms with Gasteiger partial charge in [0, 0.05) is 18.4 Å². The number of aryl methyl sites for hydroxylation is 1. The van der Waals surface area contributed by atoms with E-state index in [1.807, 2.05) is 37.3 Å². The second-order valence-corrected chi connectivity index (χ2v) is 6.43. The number of amides is 2. The number of carbonyl (C=O) groups excluding carboxylic acids is 1. The van der Waals surface area contributed by atoms with E-state index in [9.17, 15) is 9.18 Å². The van der Waals surface area contributed by atoms with E-state index in [-0.39, 0.29) is 11.8 Å². The van der Waals surface area contributed by atoms with Gasteiger partial charge in [0.15, 0.2) is 0 Å². The van der Waals surface area contributed by atoms with Gasteiger partial charge in [0.05, 0.1) is 12.2 Å². The van der Waals surface area contributed by atoms with Crippen LogP contribution in [-0.2, 0) is 13.1 Å². The van der Waals surface area contributed by atoms with Gasteiger partial charge in [-0.3, -0.25) is 4.98 Å². The van der Waals surface area contributed by atoms with E-state index in [0.717, 1.165) is 33.6 Å². The zero-order valence-electron chi connectivity index (χ0n) is 14.4. The van der Waals surface area contributed by atoms with Crippen molar-refractivity contribution in [3.05, 3.63) is 83.4 Å². The molecule has 0 saturated heterocycles. The lowest BCUT2D eigenvalue weighted by atomic mass is 10.0. The summed E-state index contributed by atoms with van der Waals surface area (Å²) >= 11 is 0. The molecule has 0 fully saturated rings. The first-order valence-corrected chi connectivity index (χ1v) is 8.45. The molecule has 0 bridgehead atoms. The molecule has 4 rings (SSSR count). The molecule has 3 aromatic rings. The third-order valence-corrected chi connectivity index (χ3v) is 4.63. The Morgan fingerprint density at radius 2 is 1.85 bits per heavy atom. The predicted molar refractivity (Wildman–Crippen MR) is 99.1 cm³/mol. The first-order chi connectivity index (χ1) is 12.6. The van der Waals surface area contributed by atoms with Gasteiger partial charge in [-0.1, -0.05) is 30.3 Å². The number of nitrogens with zero attached hydrogens (tertiary/aromatic N) is 2. The van der Waals surface area contributed by atoms with Crippen LogP contribution < -0.4 is 5.32 Å². The molecule has 2 aromatic carbocycles. The van der Waals surface area contributed by atoms with E-state index in [1.54, 1.807) is 23.2 Å². The standard InChI is InChI=1S/C21H18FN3O/c1-14-4-5-16(15-6-8-18(22)9-7-15)11-19(14)24-21(26)25-12-17-3-2-10-23-20(17)13-25/h2-11H,12-13H2,1H3,(H,24,26). The van der Waals surface area contributed by atoms with E-state index >= 15 is 0 Å². The third-order valence-electron chi connectivity index (χ3n) is 4.63. The van der Waals surface area contributed by atoms with Crippen LogP contribution in [0, 0.1) is 12.7 Å². The number of pyridine rings is 1. The smallest absolute Gasteiger partial charge is 0.314 e. The largest absolute Gasteiger partial charge is 0.322 e. The molecule has 0 unspecified atom stereocenters. The van der Waals surface area contributed by atoms with Gasteiger partial charge in [0.1, 0.15) is 5.82 Å². The summed E-state index contributed by atoms with van der Waals surface area (Å²) in [4.78, 5) is 18.7. The first kappa shape index (κ1) is 16.3. The number of carbonyl (C=O) groups is 1.